The number of carbonyl (C=O) groups excluding carboxylic acids is 1. The van der Waals surface area contributed by atoms with E-state index in [2.05, 4.69) is 39.8 Å². The van der Waals surface area contributed by atoms with Gasteiger partial charge >= 0.3 is 5.97 Å². The number of hydrogen-bond donors (Lipinski definition) is 1. The van der Waals surface area contributed by atoms with Gasteiger partial charge < -0.3 is 5.11 Å². The van der Waals surface area contributed by atoms with Gasteiger partial charge in [-0.15, -0.1) is 11.8 Å². The average Bonchev–Trinajstić information content (AvgIpc) is 2.58. The van der Waals surface area contributed by atoms with Gasteiger partial charge in [-0.25, -0.2) is 4.79 Å². The second-order valence-corrected chi connectivity index (χ2v) is 9.98. The highest BCUT2D eigenvalue weighted by Crippen LogP contribution is 2.51. The summed E-state index contributed by atoms with van der Waals surface area (Å²) in [5, 5.41) is 9.09. The molecule has 27 heavy (non-hydrogen) atoms. The van der Waals surface area contributed by atoms with Crippen molar-refractivity contribution in [2.24, 2.45) is 0 Å². The molecule has 1 aliphatic rings. The number of carbonyl (C=O) groups is 2. The van der Waals surface area contributed by atoms with Gasteiger partial charge in [0.05, 0.1) is 5.56 Å². The van der Waals surface area contributed by atoms with E-state index >= 15 is 0 Å². The number of carboxylic acid groups (broad SMARTS) is 1. The largest absolute Gasteiger partial charge is 0.478 e. The van der Waals surface area contributed by atoms with Gasteiger partial charge in [-0.1, -0.05) is 45.9 Å². The van der Waals surface area contributed by atoms with Crippen molar-refractivity contribution < 1.29 is 14.7 Å². The van der Waals surface area contributed by atoms with Crippen molar-refractivity contribution in [1.29, 1.82) is 0 Å². The molecule has 0 spiro atoms. The number of rotatable bonds is 4. The Kier molecular flexibility index (Phi) is 5.04. The molecule has 0 aliphatic carbocycles. The van der Waals surface area contributed by atoms with Gasteiger partial charge in [-0.05, 0) is 64.4 Å². The minimum atomic E-state index is -0.961. The van der Waals surface area contributed by atoms with Gasteiger partial charge in [-0.2, -0.15) is 0 Å². The second kappa shape index (κ2) is 7.01. The maximum atomic E-state index is 11.3. The summed E-state index contributed by atoms with van der Waals surface area (Å²) < 4.78 is 0.187. The van der Waals surface area contributed by atoms with Crippen LogP contribution in [0.25, 0.3) is 5.57 Å². The molecule has 1 heterocycles. The molecule has 0 amide bonds. The lowest BCUT2D eigenvalue weighted by atomic mass is 9.76. The van der Waals surface area contributed by atoms with Crippen LogP contribution in [0.5, 0.6) is 0 Å². The molecule has 1 N–H and O–H groups in total. The molecule has 3 rings (SSSR count). The van der Waals surface area contributed by atoms with Crippen LogP contribution in [0.1, 0.15) is 61.2 Å². The molecule has 2 aromatic rings. The van der Waals surface area contributed by atoms with Crippen LogP contribution in [0.4, 0.5) is 0 Å². The van der Waals surface area contributed by atoms with E-state index in [-0.39, 0.29) is 15.7 Å². The first kappa shape index (κ1) is 19.4. The summed E-state index contributed by atoms with van der Waals surface area (Å²) in [5.41, 5.74) is 4.17. The van der Waals surface area contributed by atoms with Gasteiger partial charge in [0.25, 0.3) is 0 Å². The monoisotopic (exact) mass is 380 g/mol. The number of thioether (sulfide) groups is 1. The van der Waals surface area contributed by atoms with Crippen molar-refractivity contribution in [2.75, 3.05) is 0 Å². The van der Waals surface area contributed by atoms with Crippen LogP contribution < -0.4 is 0 Å². The summed E-state index contributed by atoms with van der Waals surface area (Å²) in [6.45, 7) is 9.08. The fraction of sp³-hybridized carbons (Fsp3) is 0.304. The van der Waals surface area contributed by atoms with E-state index in [1.165, 1.54) is 10.5 Å². The minimum Gasteiger partial charge on any atom is -0.478 e. The van der Waals surface area contributed by atoms with E-state index in [0.717, 1.165) is 29.4 Å². The van der Waals surface area contributed by atoms with Gasteiger partial charge in [0.15, 0.2) is 0 Å². The minimum absolute atomic E-state index is 0.0412. The zero-order chi connectivity index (χ0) is 19.8. The van der Waals surface area contributed by atoms with Crippen LogP contribution in [-0.2, 0) is 10.2 Å². The Labute approximate surface area is 164 Å². The molecule has 3 nitrogen and oxygen atoms in total. The average molecular weight is 381 g/mol. The SMILES string of the molecule is CC1(C)CC(C)(C)c2cc(C(=CC=O)c3ccc(C(=O)O)cc3)ccc2S1. The molecule has 1 aliphatic heterocycles. The first-order valence-corrected chi connectivity index (χ1v) is 9.78. The summed E-state index contributed by atoms with van der Waals surface area (Å²) in [6.07, 6.45) is 3.40. The number of aromatic carboxylic acids is 1. The fourth-order valence-electron chi connectivity index (χ4n) is 4.03. The van der Waals surface area contributed by atoms with Crippen molar-refractivity contribution in [1.82, 2.24) is 0 Å². The quantitative estimate of drug-likeness (QED) is 0.557. The third-order valence-electron chi connectivity index (χ3n) is 4.95. The van der Waals surface area contributed by atoms with Crippen LogP contribution in [0.3, 0.4) is 0 Å². The third-order valence-corrected chi connectivity index (χ3v) is 6.22. The molecule has 2 aromatic carbocycles. The van der Waals surface area contributed by atoms with Crippen molar-refractivity contribution in [3.05, 3.63) is 70.8 Å². The molecule has 4 heteroatoms. The van der Waals surface area contributed by atoms with E-state index in [9.17, 15) is 9.59 Å². The fourth-order valence-corrected chi connectivity index (χ4v) is 5.64. The number of allylic oxidation sites excluding steroid dienone is 1. The lowest BCUT2D eigenvalue weighted by molar-refractivity contribution is -0.104. The Morgan fingerprint density at radius 2 is 1.59 bits per heavy atom. The summed E-state index contributed by atoms with van der Waals surface area (Å²) in [7, 11) is 0. The number of carboxylic acids is 1. The first-order valence-electron chi connectivity index (χ1n) is 8.96. The van der Waals surface area contributed by atoms with Gasteiger partial charge in [-0.3, -0.25) is 4.79 Å². The topological polar surface area (TPSA) is 54.4 Å². The Bertz CT molecular complexity index is 921. The molecule has 0 atom stereocenters. The highest BCUT2D eigenvalue weighted by Gasteiger charge is 2.38. The zero-order valence-electron chi connectivity index (χ0n) is 16.1. The predicted molar refractivity (Wildman–Crippen MR) is 111 cm³/mol. The van der Waals surface area contributed by atoms with E-state index < -0.39 is 5.97 Å². The molecule has 0 saturated carbocycles. The Balaban J connectivity index is 2.07. The van der Waals surface area contributed by atoms with Crippen LogP contribution in [0.2, 0.25) is 0 Å². The van der Waals surface area contributed by atoms with Gasteiger partial charge in [0.1, 0.15) is 6.29 Å². The maximum absolute atomic E-state index is 11.3. The lowest BCUT2D eigenvalue weighted by Gasteiger charge is -2.42. The molecule has 0 radical (unpaired) electrons. The molecule has 140 valence electrons. The smallest absolute Gasteiger partial charge is 0.335 e. The first-order chi connectivity index (χ1) is 12.6. The lowest BCUT2D eigenvalue weighted by Crippen LogP contribution is -2.33. The summed E-state index contributed by atoms with van der Waals surface area (Å²) in [4.78, 5) is 23.6. The van der Waals surface area contributed by atoms with Crippen molar-refractivity contribution in [3.63, 3.8) is 0 Å². The number of fused-ring (bicyclic) bond motifs is 1. The van der Waals surface area contributed by atoms with E-state index in [1.54, 1.807) is 30.3 Å². The van der Waals surface area contributed by atoms with Crippen molar-refractivity contribution in [2.45, 2.75) is 49.2 Å². The van der Waals surface area contributed by atoms with Gasteiger partial charge in [0.2, 0.25) is 0 Å². The maximum Gasteiger partial charge on any atom is 0.335 e. The highest BCUT2D eigenvalue weighted by molar-refractivity contribution is 8.00. The Morgan fingerprint density at radius 3 is 2.19 bits per heavy atom. The third kappa shape index (κ3) is 4.01. The molecular formula is C23H24O3S. The standard InChI is InChI=1S/C23H24O3S/c1-22(2)14-23(3,4)27-20-10-9-17(13-19(20)22)18(11-12-24)15-5-7-16(8-6-15)21(25)26/h5-13H,14H2,1-4H3,(H,25,26). The van der Waals surface area contributed by atoms with Crippen molar-refractivity contribution in [3.8, 4) is 0 Å². The van der Waals surface area contributed by atoms with Crippen molar-refractivity contribution >= 4 is 29.6 Å². The van der Waals surface area contributed by atoms with Crippen LogP contribution in [0.15, 0.2) is 53.4 Å². The van der Waals surface area contributed by atoms with Crippen LogP contribution in [0, 0.1) is 0 Å². The van der Waals surface area contributed by atoms with Crippen LogP contribution >= 0.6 is 11.8 Å². The molecular weight excluding hydrogens is 356 g/mol. The zero-order valence-corrected chi connectivity index (χ0v) is 16.9. The highest BCUT2D eigenvalue weighted by atomic mass is 32.2. The number of aldehydes is 1. The Hall–Kier alpha value is -2.33. The normalized spacial score (nSPS) is 17.9. The van der Waals surface area contributed by atoms with Crippen LogP contribution in [-0.4, -0.2) is 22.1 Å². The molecule has 0 unspecified atom stereocenters. The Morgan fingerprint density at radius 1 is 1.00 bits per heavy atom. The molecule has 0 aromatic heterocycles. The summed E-state index contributed by atoms with van der Waals surface area (Å²) >= 11 is 1.90. The molecule has 0 bridgehead atoms. The second-order valence-electron chi connectivity index (χ2n) is 8.23. The summed E-state index contributed by atoms with van der Waals surface area (Å²) in [6, 6.07) is 13.0. The van der Waals surface area contributed by atoms with E-state index in [0.29, 0.717) is 0 Å². The molecule has 0 saturated heterocycles. The molecule has 0 fully saturated rings. The predicted octanol–water partition coefficient (Wildman–Crippen LogP) is 5.57. The summed E-state index contributed by atoms with van der Waals surface area (Å²) in [5.74, 6) is -0.961. The number of hydrogen-bond acceptors (Lipinski definition) is 3. The number of benzene rings is 2. The van der Waals surface area contributed by atoms with E-state index in [1.807, 2.05) is 17.8 Å². The van der Waals surface area contributed by atoms with Gasteiger partial charge in [0, 0.05) is 9.64 Å². The van der Waals surface area contributed by atoms with E-state index in [4.69, 9.17) is 5.11 Å².